The zero-order valence-electron chi connectivity index (χ0n) is 16.1. The Kier molecular flexibility index (Phi) is 6.16. The Morgan fingerprint density at radius 2 is 1.83 bits per heavy atom. The van der Waals surface area contributed by atoms with Gasteiger partial charge in [-0.25, -0.2) is 0 Å². The topological polar surface area (TPSA) is 160 Å². The molecule has 1 fully saturated rings. The highest BCUT2D eigenvalue weighted by atomic mass is 32.2. The first-order valence-electron chi connectivity index (χ1n) is 9.34. The van der Waals surface area contributed by atoms with E-state index in [-0.39, 0.29) is 33.1 Å². The van der Waals surface area contributed by atoms with Gasteiger partial charge in [-0.2, -0.15) is 18.4 Å². The van der Waals surface area contributed by atoms with Crippen molar-refractivity contribution in [2.45, 2.75) is 43.9 Å². The lowest BCUT2D eigenvalue weighted by Crippen LogP contribution is -2.17. The van der Waals surface area contributed by atoms with E-state index in [0.717, 1.165) is 31.2 Å². The van der Waals surface area contributed by atoms with Crippen molar-refractivity contribution < 1.29 is 18.0 Å². The number of aromatic nitrogens is 2. The summed E-state index contributed by atoms with van der Waals surface area (Å²) in [5.41, 5.74) is 11.9. The minimum absolute atomic E-state index is 0.122. The van der Waals surface area contributed by atoms with Crippen LogP contribution in [0.25, 0.3) is 0 Å². The summed E-state index contributed by atoms with van der Waals surface area (Å²) in [6.07, 6.45) is 5.45. The van der Waals surface area contributed by atoms with Crippen molar-refractivity contribution in [3.63, 3.8) is 0 Å². The molecule has 3 rings (SSSR count). The number of benzene rings is 1. The van der Waals surface area contributed by atoms with Crippen LogP contribution in [0.4, 0.5) is 17.5 Å². The number of ether oxygens (including phenoxy) is 1. The van der Waals surface area contributed by atoms with Gasteiger partial charge in [-0.1, -0.05) is 37.0 Å². The molecule has 0 spiro atoms. The molecule has 0 amide bonds. The van der Waals surface area contributed by atoms with Gasteiger partial charge in [-0.15, -0.1) is 0 Å². The summed E-state index contributed by atoms with van der Waals surface area (Å²) in [5, 5.41) is 12.6. The monoisotopic (exact) mass is 420 g/mol. The largest absolute Gasteiger partial charge is 0.593 e. The second-order valence-corrected chi connectivity index (χ2v) is 8.66. The summed E-state index contributed by atoms with van der Waals surface area (Å²) in [6, 6.07) is 5.95. The highest BCUT2D eigenvalue weighted by Crippen LogP contribution is 2.33. The standard InChI is InChI=1S/C18H24N6O4S/c1-12-7-9-14(10-8-12)29(26,27)23-24(25)15-16(19)21-18(20)22-17(15)28-11-13-5-3-2-4-6-13/h7-10,13H,2-6,11H2,1H3,(H4,19,20,21,22). The van der Waals surface area contributed by atoms with Crippen molar-refractivity contribution in [3.8, 4) is 5.88 Å². The molecule has 0 atom stereocenters. The van der Waals surface area contributed by atoms with Gasteiger partial charge in [0.05, 0.1) is 11.5 Å². The lowest BCUT2D eigenvalue weighted by Gasteiger charge is -2.21. The zero-order chi connectivity index (χ0) is 21.0. The lowest BCUT2D eigenvalue weighted by molar-refractivity contribution is -0.430. The Morgan fingerprint density at radius 3 is 2.48 bits per heavy atom. The number of nitrogens with two attached hydrogens (primary N) is 2. The number of hydrogen-bond acceptors (Lipinski definition) is 8. The van der Waals surface area contributed by atoms with Gasteiger partial charge >= 0.3 is 15.7 Å². The molecule has 11 heteroatoms. The van der Waals surface area contributed by atoms with Gasteiger partial charge in [-0.3, -0.25) is 0 Å². The average Bonchev–Trinajstić information content (AvgIpc) is 2.66. The van der Waals surface area contributed by atoms with E-state index >= 15 is 0 Å². The third-order valence-corrected chi connectivity index (χ3v) is 6.00. The minimum atomic E-state index is -4.26. The molecule has 0 aliphatic heterocycles. The second-order valence-electron chi connectivity index (χ2n) is 7.08. The van der Waals surface area contributed by atoms with Gasteiger partial charge in [0.15, 0.2) is 0 Å². The molecule has 1 saturated carbocycles. The number of rotatable bonds is 6. The first kappa shape index (κ1) is 20.8. The predicted molar refractivity (Wildman–Crippen MR) is 107 cm³/mol. The molecule has 1 aromatic heterocycles. The van der Waals surface area contributed by atoms with Crippen molar-refractivity contribution in [1.29, 1.82) is 0 Å². The van der Waals surface area contributed by atoms with Crippen LogP contribution in [0.2, 0.25) is 0 Å². The molecule has 10 nitrogen and oxygen atoms in total. The van der Waals surface area contributed by atoms with E-state index in [2.05, 4.69) is 14.5 Å². The smallest absolute Gasteiger partial charge is 0.349 e. The van der Waals surface area contributed by atoms with Gasteiger partial charge in [0.25, 0.3) is 5.88 Å². The number of hydrogen-bond donors (Lipinski definition) is 2. The van der Waals surface area contributed by atoms with E-state index in [1.54, 1.807) is 12.1 Å². The van der Waals surface area contributed by atoms with E-state index in [0.29, 0.717) is 12.5 Å². The van der Waals surface area contributed by atoms with E-state index in [9.17, 15) is 13.6 Å². The molecule has 1 aliphatic carbocycles. The fourth-order valence-corrected chi connectivity index (χ4v) is 4.05. The van der Waals surface area contributed by atoms with Crippen LogP contribution in [-0.2, 0) is 10.0 Å². The van der Waals surface area contributed by atoms with Crippen molar-refractivity contribution >= 4 is 27.5 Å². The third-order valence-electron chi connectivity index (χ3n) is 4.77. The van der Waals surface area contributed by atoms with Gasteiger partial charge < -0.3 is 21.4 Å². The molecule has 0 saturated heterocycles. The fourth-order valence-electron chi connectivity index (χ4n) is 3.19. The van der Waals surface area contributed by atoms with Gasteiger partial charge in [0.2, 0.25) is 11.8 Å². The molecule has 1 aromatic carbocycles. The molecule has 4 N–H and O–H groups in total. The van der Waals surface area contributed by atoms with Gasteiger partial charge in [0, 0.05) is 0 Å². The van der Waals surface area contributed by atoms with Crippen LogP contribution in [0.15, 0.2) is 33.7 Å². The second kappa shape index (κ2) is 8.60. The molecule has 2 aromatic rings. The Hall–Kier alpha value is -2.95. The van der Waals surface area contributed by atoms with Crippen molar-refractivity contribution in [3.05, 3.63) is 35.0 Å². The average molecular weight is 420 g/mol. The highest BCUT2D eigenvalue weighted by molar-refractivity contribution is 7.89. The van der Waals surface area contributed by atoms with Crippen molar-refractivity contribution in [1.82, 2.24) is 9.97 Å². The van der Waals surface area contributed by atoms with Crippen molar-refractivity contribution in [2.24, 2.45) is 10.4 Å². The number of aryl methyl sites for hydroxylation is 1. The maximum Gasteiger partial charge on any atom is 0.349 e. The summed E-state index contributed by atoms with van der Waals surface area (Å²) in [5.74, 6) is -0.352. The molecule has 0 radical (unpaired) electrons. The molecule has 0 unspecified atom stereocenters. The molecule has 1 aliphatic rings. The number of anilines is 2. The minimum Gasteiger partial charge on any atom is -0.593 e. The Labute approximate surface area is 169 Å². The van der Waals surface area contributed by atoms with Crippen LogP contribution >= 0.6 is 0 Å². The number of sulfonamides is 1. The van der Waals surface area contributed by atoms with Gasteiger partial charge in [0.1, 0.15) is 4.52 Å². The Morgan fingerprint density at radius 1 is 1.17 bits per heavy atom. The van der Waals surface area contributed by atoms with Crippen molar-refractivity contribution in [2.75, 3.05) is 18.1 Å². The first-order chi connectivity index (χ1) is 13.8. The fraction of sp³-hybridized carbons (Fsp3) is 0.444. The first-order valence-corrected chi connectivity index (χ1v) is 10.8. The molecular formula is C18H24N6O4S. The zero-order valence-corrected chi connectivity index (χ0v) is 16.9. The maximum absolute atomic E-state index is 12.6. The number of nitrogens with zero attached hydrogens (tertiary/aromatic N) is 4. The van der Waals surface area contributed by atoms with Crippen LogP contribution in [0, 0.1) is 18.0 Å². The third kappa shape index (κ3) is 5.11. The normalized spacial score (nSPS) is 16.0. The lowest BCUT2D eigenvalue weighted by atomic mass is 9.90. The van der Waals surface area contributed by atoms with Crippen LogP contribution in [0.1, 0.15) is 37.7 Å². The van der Waals surface area contributed by atoms with E-state index in [1.807, 2.05) is 6.92 Å². The molecule has 1 heterocycles. The summed E-state index contributed by atoms with van der Waals surface area (Å²) in [7, 11) is -4.26. The predicted octanol–water partition coefficient (Wildman–Crippen LogP) is 2.89. The summed E-state index contributed by atoms with van der Waals surface area (Å²) in [4.78, 5) is 7.41. The van der Waals surface area contributed by atoms with E-state index < -0.39 is 10.0 Å². The van der Waals surface area contributed by atoms with E-state index in [4.69, 9.17) is 16.2 Å². The van der Waals surface area contributed by atoms with E-state index in [1.165, 1.54) is 18.6 Å². The molecular weight excluding hydrogens is 396 g/mol. The summed E-state index contributed by atoms with van der Waals surface area (Å²) < 4.78 is 33.9. The van der Waals surface area contributed by atoms with Crippen LogP contribution in [0.3, 0.4) is 0 Å². The highest BCUT2D eigenvalue weighted by Gasteiger charge is 2.27. The van der Waals surface area contributed by atoms with Crippen LogP contribution in [0.5, 0.6) is 5.88 Å². The van der Waals surface area contributed by atoms with Gasteiger partial charge in [-0.05, 0) is 42.7 Å². The SMILES string of the molecule is Cc1ccc(S(=O)(=O)N=[N+]([O-])c2c(N)nc(N)nc2OCC2CCCCC2)cc1. The molecule has 156 valence electrons. The molecule has 0 bridgehead atoms. The summed E-state index contributed by atoms with van der Waals surface area (Å²) in [6.45, 7) is 2.14. The Balaban J connectivity index is 1.91. The Bertz CT molecular complexity index is 1000. The summed E-state index contributed by atoms with van der Waals surface area (Å²) >= 11 is 0. The van der Waals surface area contributed by atoms with Crippen LogP contribution in [-0.4, -0.2) is 29.9 Å². The molecule has 29 heavy (non-hydrogen) atoms. The maximum atomic E-state index is 12.6. The number of nitrogen functional groups attached to an aromatic ring is 2. The quantitative estimate of drug-likeness (QED) is 0.410. The van der Waals surface area contributed by atoms with Crippen LogP contribution < -0.4 is 16.2 Å².